The van der Waals surface area contributed by atoms with E-state index in [9.17, 15) is 13.6 Å². The third kappa shape index (κ3) is 4.41. The number of halogens is 3. The van der Waals surface area contributed by atoms with Crippen molar-refractivity contribution in [3.63, 3.8) is 0 Å². The molecule has 1 N–H and O–H groups in total. The van der Waals surface area contributed by atoms with Gasteiger partial charge in [-0.1, -0.05) is 20.8 Å². The molecule has 0 bridgehead atoms. The fourth-order valence-corrected chi connectivity index (χ4v) is 0.550. The van der Waals surface area contributed by atoms with Crippen LogP contribution in [0.1, 0.15) is 27.7 Å². The molecule has 78 valence electrons. The molecule has 0 saturated heterocycles. The van der Waals surface area contributed by atoms with Crippen LogP contribution in [0.4, 0.5) is 8.78 Å². The average molecular weight is 214 g/mol. The second kappa shape index (κ2) is 3.78. The van der Waals surface area contributed by atoms with Gasteiger partial charge in [0.05, 0.1) is 0 Å². The van der Waals surface area contributed by atoms with E-state index in [1.807, 2.05) is 20.8 Å². The lowest BCUT2D eigenvalue weighted by Gasteiger charge is -2.28. The largest absolute Gasteiger partial charge is 0.399 e. The van der Waals surface area contributed by atoms with Gasteiger partial charge < -0.3 is 5.32 Å². The highest BCUT2D eigenvalue weighted by Crippen LogP contribution is 2.22. The fourth-order valence-electron chi connectivity index (χ4n) is 0.495. The van der Waals surface area contributed by atoms with Crippen molar-refractivity contribution in [2.45, 2.75) is 39.1 Å². The number of amides is 1. The van der Waals surface area contributed by atoms with E-state index in [1.54, 1.807) is 6.92 Å². The molecule has 0 aliphatic heterocycles. The summed E-state index contributed by atoms with van der Waals surface area (Å²) in [6, 6.07) is -0.357. The number of carbonyl (C=O) groups is 1. The van der Waals surface area contributed by atoms with Crippen LogP contribution < -0.4 is 5.32 Å². The second-order valence-corrected chi connectivity index (χ2v) is 4.53. The number of carbonyl (C=O) groups excluding carboxylic acids is 1. The molecule has 0 fully saturated rings. The number of nitrogens with one attached hydrogen (secondary N) is 1. The summed E-state index contributed by atoms with van der Waals surface area (Å²) >= 11 is 4.53. The van der Waals surface area contributed by atoms with Gasteiger partial charge in [-0.3, -0.25) is 4.79 Å². The van der Waals surface area contributed by atoms with E-state index in [0.29, 0.717) is 0 Å². The van der Waals surface area contributed by atoms with E-state index in [4.69, 9.17) is 0 Å². The van der Waals surface area contributed by atoms with Crippen LogP contribution in [0.5, 0.6) is 0 Å². The molecule has 0 heterocycles. The van der Waals surface area contributed by atoms with Crippen LogP contribution in [0, 0.1) is 5.41 Å². The summed E-state index contributed by atoms with van der Waals surface area (Å²) in [7, 11) is 0. The first-order chi connectivity index (χ1) is 5.55. The maximum absolute atomic E-state index is 12.2. The normalized spacial score (nSPS) is 15.3. The molecule has 2 nitrogen and oxygen atoms in total. The van der Waals surface area contributed by atoms with Crippen LogP contribution in [0.25, 0.3) is 0 Å². The molecule has 13 heavy (non-hydrogen) atoms. The van der Waals surface area contributed by atoms with Gasteiger partial charge in [0.25, 0.3) is 0 Å². The van der Waals surface area contributed by atoms with Crippen molar-refractivity contribution in [1.29, 1.82) is 0 Å². The molecule has 0 saturated carbocycles. The van der Waals surface area contributed by atoms with E-state index < -0.39 is 11.3 Å². The van der Waals surface area contributed by atoms with Crippen LogP contribution in [0.15, 0.2) is 0 Å². The van der Waals surface area contributed by atoms with Crippen molar-refractivity contribution in [2.24, 2.45) is 5.41 Å². The smallest absolute Gasteiger partial charge is 0.347 e. The maximum Gasteiger partial charge on any atom is 0.399 e. The number of alkyl halides is 3. The monoisotopic (exact) mass is 213 g/mol. The first kappa shape index (κ1) is 12.6. The highest BCUT2D eigenvalue weighted by Gasteiger charge is 2.37. The summed E-state index contributed by atoms with van der Waals surface area (Å²) in [5.74, 6) is -1.45. The van der Waals surface area contributed by atoms with E-state index >= 15 is 0 Å². The Morgan fingerprint density at radius 3 is 2.00 bits per heavy atom. The molecule has 0 aromatic rings. The zero-order chi connectivity index (χ0) is 10.9. The van der Waals surface area contributed by atoms with Crippen molar-refractivity contribution in [2.75, 3.05) is 0 Å². The van der Waals surface area contributed by atoms with E-state index in [2.05, 4.69) is 16.9 Å². The molecule has 0 aliphatic carbocycles. The number of hydrogen-bond donors (Lipinski definition) is 1. The topological polar surface area (TPSA) is 29.1 Å². The number of hydrogen-bond acceptors (Lipinski definition) is 1. The van der Waals surface area contributed by atoms with Gasteiger partial charge in [0.2, 0.25) is 0 Å². The Hall–Kier alpha value is -0.380. The standard InChI is InChI=1S/C8H14ClF2NO/c1-5(7(2,3)4)12-6(13)8(9,10)11/h5H,1-4H3,(H,12,13). The minimum Gasteiger partial charge on any atom is -0.347 e. The molecule has 1 unspecified atom stereocenters. The molecular weight excluding hydrogens is 200 g/mol. The third-order valence-electron chi connectivity index (χ3n) is 1.90. The van der Waals surface area contributed by atoms with Crippen LogP contribution in [-0.4, -0.2) is 17.3 Å². The summed E-state index contributed by atoms with van der Waals surface area (Å²) in [4.78, 5) is 10.7. The Morgan fingerprint density at radius 1 is 1.38 bits per heavy atom. The van der Waals surface area contributed by atoms with Crippen molar-refractivity contribution >= 4 is 17.5 Å². The van der Waals surface area contributed by atoms with Gasteiger partial charge in [0, 0.05) is 6.04 Å². The van der Waals surface area contributed by atoms with Crippen molar-refractivity contribution in [3.05, 3.63) is 0 Å². The molecule has 1 amide bonds. The van der Waals surface area contributed by atoms with Gasteiger partial charge in [-0.25, -0.2) is 0 Å². The molecule has 0 aromatic carbocycles. The first-order valence-corrected chi connectivity index (χ1v) is 4.30. The van der Waals surface area contributed by atoms with Gasteiger partial charge in [-0.05, 0) is 23.9 Å². The van der Waals surface area contributed by atoms with Gasteiger partial charge in [0.1, 0.15) is 0 Å². The SMILES string of the molecule is CC(NC(=O)C(F)(F)Cl)C(C)(C)C. The Morgan fingerprint density at radius 2 is 1.77 bits per heavy atom. The quantitative estimate of drug-likeness (QED) is 0.701. The van der Waals surface area contributed by atoms with Gasteiger partial charge in [-0.15, -0.1) is 0 Å². The van der Waals surface area contributed by atoms with Gasteiger partial charge in [0.15, 0.2) is 0 Å². The van der Waals surface area contributed by atoms with E-state index in [-0.39, 0.29) is 11.5 Å². The summed E-state index contributed by atoms with van der Waals surface area (Å²) in [6.07, 6.45) is 0. The number of rotatable bonds is 2. The van der Waals surface area contributed by atoms with Gasteiger partial charge in [-0.2, -0.15) is 8.78 Å². The summed E-state index contributed by atoms with van der Waals surface area (Å²) in [5.41, 5.74) is -0.266. The van der Waals surface area contributed by atoms with Gasteiger partial charge >= 0.3 is 11.3 Å². The molecule has 1 atom stereocenters. The lowest BCUT2D eigenvalue weighted by molar-refractivity contribution is -0.137. The average Bonchev–Trinajstić information content (AvgIpc) is 1.82. The zero-order valence-electron chi connectivity index (χ0n) is 8.12. The van der Waals surface area contributed by atoms with Crippen molar-refractivity contribution in [1.82, 2.24) is 5.32 Å². The highest BCUT2D eigenvalue weighted by atomic mass is 35.5. The highest BCUT2D eigenvalue weighted by molar-refractivity contribution is 6.32. The predicted molar refractivity (Wildman–Crippen MR) is 47.9 cm³/mol. The maximum atomic E-state index is 12.2. The molecule has 0 rings (SSSR count). The molecule has 0 aromatic heterocycles. The fraction of sp³-hybridized carbons (Fsp3) is 0.875. The van der Waals surface area contributed by atoms with Crippen LogP contribution >= 0.6 is 11.6 Å². The minimum absolute atomic E-state index is 0.266. The van der Waals surface area contributed by atoms with E-state index in [0.717, 1.165) is 0 Å². The Kier molecular flexibility index (Phi) is 3.67. The zero-order valence-corrected chi connectivity index (χ0v) is 8.88. The molecule has 0 aliphatic rings. The lowest BCUT2D eigenvalue weighted by atomic mass is 9.88. The molecule has 0 radical (unpaired) electrons. The Balaban J connectivity index is 4.24. The molecule has 5 heteroatoms. The predicted octanol–water partition coefficient (Wildman–Crippen LogP) is 2.37. The third-order valence-corrected chi connectivity index (χ3v) is 2.08. The minimum atomic E-state index is -3.82. The van der Waals surface area contributed by atoms with Crippen LogP contribution in [-0.2, 0) is 4.79 Å². The summed E-state index contributed by atoms with van der Waals surface area (Å²) in [5, 5.41) is -1.68. The van der Waals surface area contributed by atoms with Crippen LogP contribution in [0.2, 0.25) is 0 Å². The Bertz CT molecular complexity index is 195. The Labute approximate surface area is 81.6 Å². The lowest BCUT2D eigenvalue weighted by Crippen LogP contribution is -2.46. The first-order valence-electron chi connectivity index (χ1n) is 3.93. The molecule has 0 spiro atoms. The van der Waals surface area contributed by atoms with Crippen molar-refractivity contribution < 1.29 is 13.6 Å². The van der Waals surface area contributed by atoms with E-state index in [1.165, 1.54) is 0 Å². The summed E-state index contributed by atoms with van der Waals surface area (Å²) in [6.45, 7) is 7.17. The van der Waals surface area contributed by atoms with Crippen LogP contribution in [0.3, 0.4) is 0 Å². The summed E-state index contributed by atoms with van der Waals surface area (Å²) < 4.78 is 24.4. The molecular formula is C8H14ClF2NO. The van der Waals surface area contributed by atoms with Crippen molar-refractivity contribution in [3.8, 4) is 0 Å². The second-order valence-electron chi connectivity index (χ2n) is 4.06.